The van der Waals surface area contributed by atoms with Gasteiger partial charge in [-0.1, -0.05) is 31.4 Å². The van der Waals surface area contributed by atoms with Crippen LogP contribution in [0.2, 0.25) is 0 Å². The van der Waals surface area contributed by atoms with Crippen LogP contribution >= 0.6 is 0 Å². The van der Waals surface area contributed by atoms with Crippen LogP contribution in [0.1, 0.15) is 20.8 Å². The van der Waals surface area contributed by atoms with Crippen LogP contribution in [0.15, 0.2) is 49.2 Å². The molecule has 7 heteroatoms. The van der Waals surface area contributed by atoms with E-state index in [2.05, 4.69) is 28.2 Å². The Labute approximate surface area is 140 Å². The van der Waals surface area contributed by atoms with Gasteiger partial charge in [-0.25, -0.2) is 9.78 Å². The number of nitrogens with zero attached hydrogens (tertiary/aromatic N) is 2. The lowest BCUT2D eigenvalue weighted by atomic mass is 10.1. The second-order valence-electron chi connectivity index (χ2n) is 4.71. The Hall–Kier alpha value is -3.22. The van der Waals surface area contributed by atoms with Crippen LogP contribution < -0.4 is 10.2 Å². The molecule has 0 spiro atoms. The number of aromatic nitrogens is 1. The summed E-state index contributed by atoms with van der Waals surface area (Å²) in [7, 11) is 2.96. The van der Waals surface area contributed by atoms with Gasteiger partial charge in [-0.3, -0.25) is 14.9 Å². The van der Waals surface area contributed by atoms with Crippen LogP contribution in [0.4, 0.5) is 5.69 Å². The van der Waals surface area contributed by atoms with Crippen LogP contribution in [0, 0.1) is 0 Å². The second-order valence-corrected chi connectivity index (χ2v) is 4.71. The van der Waals surface area contributed by atoms with Crippen LogP contribution in [-0.4, -0.2) is 44.0 Å². The number of ether oxygens (including phenoxy) is 1. The Morgan fingerprint density at radius 1 is 1.42 bits per heavy atom. The monoisotopic (exact) mass is 329 g/mol. The highest BCUT2D eigenvalue weighted by atomic mass is 16.5. The van der Waals surface area contributed by atoms with Gasteiger partial charge in [0.1, 0.15) is 5.69 Å². The molecule has 0 saturated heterocycles. The Bertz CT molecular complexity index is 695. The van der Waals surface area contributed by atoms with Crippen molar-refractivity contribution in [1.82, 2.24) is 10.3 Å². The van der Waals surface area contributed by atoms with Gasteiger partial charge >= 0.3 is 5.97 Å². The van der Waals surface area contributed by atoms with E-state index in [9.17, 15) is 14.4 Å². The molecule has 1 aromatic rings. The number of esters is 1. The highest BCUT2D eigenvalue weighted by Crippen LogP contribution is 2.21. The van der Waals surface area contributed by atoms with Crippen molar-refractivity contribution in [1.29, 1.82) is 0 Å². The van der Waals surface area contributed by atoms with E-state index in [1.165, 1.54) is 19.4 Å². The highest BCUT2D eigenvalue weighted by molar-refractivity contribution is 6.05. The lowest BCUT2D eigenvalue weighted by Gasteiger charge is -2.22. The Balaban J connectivity index is 3.29. The lowest BCUT2D eigenvalue weighted by Crippen LogP contribution is -2.28. The standard InChI is InChI=1S/C17H19N3O4/c1-5-7-12(6-2)10-20(3)15-9-18-14(17(23)24-4)8-13(15)16(22)19-11-21/h5-9,11H,1-2,10H2,3-4H3,(H,19,21,22)/b12-7+. The number of hydrogen-bond donors (Lipinski definition) is 1. The van der Waals surface area contributed by atoms with Crippen LogP contribution in [-0.2, 0) is 9.53 Å². The topological polar surface area (TPSA) is 88.6 Å². The summed E-state index contributed by atoms with van der Waals surface area (Å²) in [5.41, 5.74) is 1.41. The lowest BCUT2D eigenvalue weighted by molar-refractivity contribution is -0.108. The fraction of sp³-hybridized carbons (Fsp3) is 0.176. The fourth-order valence-corrected chi connectivity index (χ4v) is 1.98. The smallest absolute Gasteiger partial charge is 0.356 e. The molecule has 0 aliphatic rings. The normalized spacial score (nSPS) is 10.5. The highest BCUT2D eigenvalue weighted by Gasteiger charge is 2.19. The van der Waals surface area contributed by atoms with Gasteiger partial charge in [0.05, 0.1) is 24.6 Å². The van der Waals surface area contributed by atoms with Crippen molar-refractivity contribution in [2.45, 2.75) is 0 Å². The third-order valence-electron chi connectivity index (χ3n) is 3.14. The van der Waals surface area contributed by atoms with Gasteiger partial charge in [0, 0.05) is 13.6 Å². The van der Waals surface area contributed by atoms with Crippen molar-refractivity contribution in [2.24, 2.45) is 0 Å². The average molecular weight is 329 g/mol. The largest absolute Gasteiger partial charge is 0.464 e. The van der Waals surface area contributed by atoms with Crippen LogP contribution in [0.3, 0.4) is 0 Å². The SMILES string of the molecule is C=C/C=C(\C=C)CN(C)c1cnc(C(=O)OC)cc1C(=O)NC=O. The minimum atomic E-state index is -0.678. The first kappa shape index (κ1) is 18.8. The third kappa shape index (κ3) is 4.64. The van der Waals surface area contributed by atoms with E-state index in [4.69, 9.17) is 0 Å². The molecule has 0 radical (unpaired) electrons. The summed E-state index contributed by atoms with van der Waals surface area (Å²) in [4.78, 5) is 40.0. The average Bonchev–Trinajstić information content (AvgIpc) is 2.60. The minimum absolute atomic E-state index is 0.0312. The number of anilines is 1. The number of amides is 2. The first-order chi connectivity index (χ1) is 11.5. The molecule has 1 N–H and O–H groups in total. The summed E-state index contributed by atoms with van der Waals surface area (Å²) in [6.45, 7) is 7.77. The maximum Gasteiger partial charge on any atom is 0.356 e. The van der Waals surface area contributed by atoms with E-state index in [0.717, 1.165) is 5.57 Å². The molecule has 0 atom stereocenters. The molecule has 0 bridgehead atoms. The van der Waals surface area contributed by atoms with Crippen molar-refractivity contribution >= 4 is 24.0 Å². The summed E-state index contributed by atoms with van der Waals surface area (Å²) in [5.74, 6) is -1.32. The van der Waals surface area contributed by atoms with Crippen molar-refractivity contribution in [3.8, 4) is 0 Å². The third-order valence-corrected chi connectivity index (χ3v) is 3.14. The molecule has 2 amide bonds. The molecule has 0 fully saturated rings. The zero-order chi connectivity index (χ0) is 18.1. The number of likely N-dealkylation sites (N-methyl/N-ethyl adjacent to an activating group) is 1. The molecule has 0 aromatic carbocycles. The molecule has 0 aliphatic carbocycles. The van der Waals surface area contributed by atoms with E-state index in [1.807, 2.05) is 0 Å². The molecule has 0 unspecified atom stereocenters. The maximum atomic E-state index is 12.1. The van der Waals surface area contributed by atoms with Crippen LogP contribution in [0.25, 0.3) is 0 Å². The zero-order valence-electron chi connectivity index (χ0n) is 13.6. The van der Waals surface area contributed by atoms with Gasteiger partial charge in [0.15, 0.2) is 0 Å². The van der Waals surface area contributed by atoms with E-state index in [0.29, 0.717) is 12.2 Å². The summed E-state index contributed by atoms with van der Waals surface area (Å²) in [5, 5.41) is 2.06. The number of rotatable bonds is 8. The first-order valence-corrected chi connectivity index (χ1v) is 6.96. The molecule has 24 heavy (non-hydrogen) atoms. The summed E-state index contributed by atoms with van der Waals surface area (Å²) in [6, 6.07) is 1.28. The number of carbonyl (C=O) groups is 3. The van der Waals surface area contributed by atoms with E-state index < -0.39 is 11.9 Å². The number of nitrogens with one attached hydrogen (secondary N) is 1. The minimum Gasteiger partial charge on any atom is -0.464 e. The number of hydrogen-bond acceptors (Lipinski definition) is 6. The number of pyridine rings is 1. The molecule has 0 saturated carbocycles. The van der Waals surface area contributed by atoms with E-state index in [-0.39, 0.29) is 17.7 Å². The fourth-order valence-electron chi connectivity index (χ4n) is 1.98. The van der Waals surface area contributed by atoms with Crippen LogP contribution in [0.5, 0.6) is 0 Å². The molecule has 1 rings (SSSR count). The van der Waals surface area contributed by atoms with Crippen molar-refractivity contribution in [3.05, 3.63) is 60.5 Å². The molecule has 1 aromatic heterocycles. The number of methoxy groups -OCH3 is 1. The van der Waals surface area contributed by atoms with Gasteiger partial charge < -0.3 is 9.64 Å². The predicted molar refractivity (Wildman–Crippen MR) is 90.9 cm³/mol. The summed E-state index contributed by atoms with van der Waals surface area (Å²) >= 11 is 0. The van der Waals surface area contributed by atoms with Crippen molar-refractivity contribution < 1.29 is 19.1 Å². The number of imide groups is 1. The molecule has 7 nitrogen and oxygen atoms in total. The Kier molecular flexibility index (Phi) is 7.09. The Morgan fingerprint density at radius 3 is 2.67 bits per heavy atom. The molecular weight excluding hydrogens is 310 g/mol. The predicted octanol–water partition coefficient (Wildman–Crippen LogP) is 1.49. The second kappa shape index (κ2) is 9.04. The summed E-state index contributed by atoms with van der Waals surface area (Å²) in [6.07, 6.45) is 6.73. The molecule has 0 aliphatic heterocycles. The van der Waals surface area contributed by atoms with E-state index >= 15 is 0 Å². The van der Waals surface area contributed by atoms with Crippen molar-refractivity contribution in [2.75, 3.05) is 25.6 Å². The van der Waals surface area contributed by atoms with Gasteiger partial charge in [-0.15, -0.1) is 0 Å². The van der Waals surface area contributed by atoms with Crippen molar-refractivity contribution in [3.63, 3.8) is 0 Å². The van der Waals surface area contributed by atoms with Gasteiger partial charge in [0.2, 0.25) is 6.41 Å². The zero-order valence-corrected chi connectivity index (χ0v) is 13.6. The number of carbonyl (C=O) groups excluding carboxylic acids is 3. The molecule has 1 heterocycles. The van der Waals surface area contributed by atoms with Gasteiger partial charge in [-0.05, 0) is 11.6 Å². The number of allylic oxidation sites excluding steroid dienone is 2. The maximum absolute atomic E-state index is 12.1. The molecular formula is C17H19N3O4. The summed E-state index contributed by atoms with van der Waals surface area (Å²) < 4.78 is 4.60. The quantitative estimate of drug-likeness (QED) is 0.442. The Morgan fingerprint density at radius 2 is 2.12 bits per heavy atom. The van der Waals surface area contributed by atoms with Gasteiger partial charge in [0.25, 0.3) is 5.91 Å². The van der Waals surface area contributed by atoms with Gasteiger partial charge in [-0.2, -0.15) is 0 Å². The first-order valence-electron chi connectivity index (χ1n) is 6.96. The molecule has 126 valence electrons. The van der Waals surface area contributed by atoms with E-state index in [1.54, 1.807) is 30.2 Å².